The Bertz CT molecular complexity index is 796. The van der Waals surface area contributed by atoms with Crippen LogP contribution >= 0.6 is 0 Å². The molecule has 0 radical (unpaired) electrons. The highest BCUT2D eigenvalue weighted by Crippen LogP contribution is 2.28. The van der Waals surface area contributed by atoms with Gasteiger partial charge in [-0.15, -0.1) is 0 Å². The van der Waals surface area contributed by atoms with Crippen LogP contribution < -0.4 is 4.72 Å². The number of nitrogens with one attached hydrogen (secondary N) is 1. The minimum absolute atomic E-state index is 0.0553. The van der Waals surface area contributed by atoms with E-state index in [0.717, 1.165) is 5.69 Å². The smallest absolute Gasteiger partial charge is 0.259 e. The fraction of sp³-hybridized carbons (Fsp3) is 0.600. The SMILES string of the molecule is CC(C)n1cnc(S(=O)(=O)N[C@H]2CCO[C@H](c3cncn3C)C2)c1. The summed E-state index contributed by atoms with van der Waals surface area (Å²) in [4.78, 5) is 8.12. The van der Waals surface area contributed by atoms with Crippen molar-refractivity contribution in [1.29, 1.82) is 0 Å². The Balaban J connectivity index is 1.71. The average molecular weight is 353 g/mol. The molecule has 3 heterocycles. The molecule has 1 aliphatic heterocycles. The van der Waals surface area contributed by atoms with Crippen LogP contribution in [0.5, 0.6) is 0 Å². The number of sulfonamides is 1. The minimum Gasteiger partial charge on any atom is -0.372 e. The fourth-order valence-corrected chi connectivity index (χ4v) is 4.03. The molecule has 2 aromatic rings. The summed E-state index contributed by atoms with van der Waals surface area (Å²) in [5.41, 5.74) is 0.947. The van der Waals surface area contributed by atoms with Crippen LogP contribution in [0.3, 0.4) is 0 Å². The molecule has 24 heavy (non-hydrogen) atoms. The quantitative estimate of drug-likeness (QED) is 0.877. The maximum Gasteiger partial charge on any atom is 0.259 e. The number of rotatable bonds is 5. The molecule has 1 fully saturated rings. The van der Waals surface area contributed by atoms with Crippen LogP contribution in [-0.4, -0.2) is 40.2 Å². The molecule has 1 aliphatic rings. The highest BCUT2D eigenvalue weighted by Gasteiger charge is 2.30. The van der Waals surface area contributed by atoms with Gasteiger partial charge < -0.3 is 13.9 Å². The van der Waals surface area contributed by atoms with E-state index in [9.17, 15) is 8.42 Å². The topological polar surface area (TPSA) is 91.0 Å². The monoisotopic (exact) mass is 353 g/mol. The van der Waals surface area contributed by atoms with Crippen LogP contribution in [0.25, 0.3) is 0 Å². The highest BCUT2D eigenvalue weighted by molar-refractivity contribution is 7.89. The Morgan fingerprint density at radius 2 is 2.17 bits per heavy atom. The van der Waals surface area contributed by atoms with E-state index in [1.54, 1.807) is 29.6 Å². The van der Waals surface area contributed by atoms with E-state index in [1.165, 1.54) is 0 Å². The zero-order valence-corrected chi connectivity index (χ0v) is 14.9. The van der Waals surface area contributed by atoms with Gasteiger partial charge in [-0.3, -0.25) is 0 Å². The van der Waals surface area contributed by atoms with Crippen molar-refractivity contribution in [3.8, 4) is 0 Å². The Labute approximate surface area is 141 Å². The molecule has 2 aromatic heterocycles. The molecule has 1 saturated heterocycles. The molecule has 0 amide bonds. The van der Waals surface area contributed by atoms with Crippen LogP contribution in [0.4, 0.5) is 0 Å². The molecule has 0 aliphatic carbocycles. The summed E-state index contributed by atoms with van der Waals surface area (Å²) in [6, 6.07) is -0.0217. The van der Waals surface area contributed by atoms with E-state index in [-0.39, 0.29) is 23.2 Å². The van der Waals surface area contributed by atoms with Crippen molar-refractivity contribution in [1.82, 2.24) is 23.8 Å². The second-order valence-electron chi connectivity index (χ2n) is 6.38. The van der Waals surface area contributed by atoms with Gasteiger partial charge in [-0.25, -0.2) is 23.1 Å². The third-order valence-electron chi connectivity index (χ3n) is 4.24. The number of imidazole rings is 2. The molecule has 2 atom stereocenters. The average Bonchev–Trinajstić information content (AvgIpc) is 3.16. The number of aromatic nitrogens is 4. The number of ether oxygens (including phenoxy) is 1. The van der Waals surface area contributed by atoms with Crippen molar-refractivity contribution < 1.29 is 13.2 Å². The van der Waals surface area contributed by atoms with Crippen molar-refractivity contribution in [2.75, 3.05) is 6.61 Å². The Morgan fingerprint density at radius 3 is 2.79 bits per heavy atom. The molecule has 3 rings (SSSR count). The predicted molar refractivity (Wildman–Crippen MR) is 87.9 cm³/mol. The largest absolute Gasteiger partial charge is 0.372 e. The fourth-order valence-electron chi connectivity index (χ4n) is 2.81. The van der Waals surface area contributed by atoms with Gasteiger partial charge in [-0.1, -0.05) is 0 Å². The lowest BCUT2D eigenvalue weighted by Crippen LogP contribution is -2.40. The summed E-state index contributed by atoms with van der Waals surface area (Å²) in [7, 11) is -1.73. The van der Waals surface area contributed by atoms with E-state index < -0.39 is 10.0 Å². The second kappa shape index (κ2) is 6.66. The first-order valence-corrected chi connectivity index (χ1v) is 9.49. The summed E-state index contributed by atoms with van der Waals surface area (Å²) in [6.07, 6.45) is 7.62. The van der Waals surface area contributed by atoms with Gasteiger partial charge in [0.15, 0.2) is 5.03 Å². The van der Waals surface area contributed by atoms with Gasteiger partial charge in [0.25, 0.3) is 10.0 Å². The van der Waals surface area contributed by atoms with E-state index in [4.69, 9.17) is 4.74 Å². The van der Waals surface area contributed by atoms with Crippen molar-refractivity contribution in [2.24, 2.45) is 7.05 Å². The van der Waals surface area contributed by atoms with E-state index in [2.05, 4.69) is 14.7 Å². The first kappa shape index (κ1) is 17.1. The van der Waals surface area contributed by atoms with Crippen LogP contribution in [0.2, 0.25) is 0 Å². The van der Waals surface area contributed by atoms with Crippen molar-refractivity contribution in [2.45, 2.75) is 49.9 Å². The minimum atomic E-state index is -3.63. The first-order valence-electron chi connectivity index (χ1n) is 8.00. The predicted octanol–water partition coefficient (Wildman–Crippen LogP) is 1.40. The number of aryl methyl sites for hydroxylation is 1. The first-order chi connectivity index (χ1) is 11.4. The highest BCUT2D eigenvalue weighted by atomic mass is 32.2. The van der Waals surface area contributed by atoms with E-state index in [1.807, 2.05) is 25.5 Å². The van der Waals surface area contributed by atoms with Gasteiger partial charge in [0.05, 0.1) is 24.5 Å². The zero-order valence-electron chi connectivity index (χ0n) is 14.1. The number of hydrogen-bond donors (Lipinski definition) is 1. The van der Waals surface area contributed by atoms with Gasteiger partial charge in [-0.2, -0.15) is 0 Å². The molecule has 0 spiro atoms. The number of hydrogen-bond acceptors (Lipinski definition) is 5. The van der Waals surface area contributed by atoms with Crippen LogP contribution in [0.1, 0.15) is 44.5 Å². The zero-order chi connectivity index (χ0) is 17.3. The van der Waals surface area contributed by atoms with Crippen LogP contribution in [0, 0.1) is 0 Å². The summed E-state index contributed by atoms with van der Waals surface area (Å²) in [6.45, 7) is 4.45. The van der Waals surface area contributed by atoms with Gasteiger partial charge in [-0.05, 0) is 26.7 Å². The van der Waals surface area contributed by atoms with Crippen molar-refractivity contribution in [3.63, 3.8) is 0 Å². The molecular weight excluding hydrogens is 330 g/mol. The summed E-state index contributed by atoms with van der Waals surface area (Å²) in [5.74, 6) is 0. The van der Waals surface area contributed by atoms with Crippen molar-refractivity contribution >= 4 is 10.0 Å². The third kappa shape index (κ3) is 3.52. The molecule has 0 bridgehead atoms. The number of nitrogens with zero attached hydrogens (tertiary/aromatic N) is 4. The molecule has 9 heteroatoms. The summed E-state index contributed by atoms with van der Waals surface area (Å²) >= 11 is 0. The van der Waals surface area contributed by atoms with E-state index in [0.29, 0.717) is 19.4 Å². The molecular formula is C15H23N5O3S. The van der Waals surface area contributed by atoms with Crippen LogP contribution in [0.15, 0.2) is 30.1 Å². The molecule has 1 N–H and O–H groups in total. The van der Waals surface area contributed by atoms with Gasteiger partial charge in [0, 0.05) is 31.9 Å². The second-order valence-corrected chi connectivity index (χ2v) is 8.05. The lowest BCUT2D eigenvalue weighted by Gasteiger charge is -2.29. The maximum absolute atomic E-state index is 12.6. The Hall–Kier alpha value is -1.71. The lowest BCUT2D eigenvalue weighted by atomic mass is 10.0. The normalized spacial score (nSPS) is 22.2. The Morgan fingerprint density at radius 1 is 1.38 bits per heavy atom. The van der Waals surface area contributed by atoms with Crippen molar-refractivity contribution in [3.05, 3.63) is 30.7 Å². The summed E-state index contributed by atoms with van der Waals surface area (Å²) < 4.78 is 37.3. The molecule has 0 aromatic carbocycles. The molecule has 8 nitrogen and oxygen atoms in total. The lowest BCUT2D eigenvalue weighted by molar-refractivity contribution is -0.0000534. The van der Waals surface area contributed by atoms with Crippen LogP contribution in [-0.2, 0) is 21.8 Å². The maximum atomic E-state index is 12.6. The van der Waals surface area contributed by atoms with Gasteiger partial charge in [0.1, 0.15) is 6.10 Å². The van der Waals surface area contributed by atoms with E-state index >= 15 is 0 Å². The summed E-state index contributed by atoms with van der Waals surface area (Å²) in [5, 5.41) is 0.0553. The third-order valence-corrected chi connectivity index (χ3v) is 5.64. The van der Waals surface area contributed by atoms with Gasteiger partial charge in [0.2, 0.25) is 0 Å². The molecule has 0 saturated carbocycles. The Kier molecular flexibility index (Phi) is 4.75. The van der Waals surface area contributed by atoms with Gasteiger partial charge >= 0.3 is 0 Å². The molecule has 0 unspecified atom stereocenters. The molecule has 132 valence electrons. The standard InChI is InChI=1S/C15H23N5O3S/c1-11(2)20-8-15(17-10-20)24(21,22)18-12-4-5-23-14(6-12)13-7-16-9-19(13)3/h7-12,14,18H,4-6H2,1-3H3/t12-,14-/m0/s1.